The first kappa shape index (κ1) is 10.0. The van der Waals surface area contributed by atoms with Crippen molar-refractivity contribution in [3.63, 3.8) is 0 Å². The molecule has 0 atom stereocenters. The Kier molecular flexibility index (Phi) is 3.06. The Morgan fingerprint density at radius 3 is 2.71 bits per heavy atom. The maximum absolute atomic E-state index is 10.6. The molecule has 0 unspecified atom stereocenters. The molecule has 1 amide bonds. The van der Waals surface area contributed by atoms with Crippen molar-refractivity contribution in [2.75, 3.05) is 0 Å². The van der Waals surface area contributed by atoms with Gasteiger partial charge in [-0.3, -0.25) is 4.79 Å². The number of carboxylic acid groups (broad SMARTS) is 1. The first-order valence-corrected chi connectivity index (χ1v) is 3.84. The standard InChI is InChI=1S/C9H9NO4/c1-6(11)10-8(9(12)13)4-7-2-3-14-5-7/h2-5H,1H3,(H,10,11)(H,12,13). The second-order valence-electron chi connectivity index (χ2n) is 2.60. The zero-order valence-electron chi connectivity index (χ0n) is 7.48. The number of carbonyl (C=O) groups is 2. The van der Waals surface area contributed by atoms with E-state index in [9.17, 15) is 9.59 Å². The average molecular weight is 195 g/mol. The van der Waals surface area contributed by atoms with Gasteiger partial charge in [0.25, 0.3) is 0 Å². The molecule has 1 aromatic rings. The molecule has 0 radical (unpaired) electrons. The van der Waals surface area contributed by atoms with Gasteiger partial charge in [-0.2, -0.15) is 0 Å². The Bertz CT molecular complexity index is 364. The number of hydrogen-bond acceptors (Lipinski definition) is 3. The molecule has 14 heavy (non-hydrogen) atoms. The second-order valence-corrected chi connectivity index (χ2v) is 2.60. The molecular formula is C9H9NO4. The van der Waals surface area contributed by atoms with Gasteiger partial charge in [0.15, 0.2) is 0 Å². The van der Waals surface area contributed by atoms with Gasteiger partial charge in [0.2, 0.25) is 5.91 Å². The van der Waals surface area contributed by atoms with Gasteiger partial charge < -0.3 is 14.8 Å². The number of amides is 1. The van der Waals surface area contributed by atoms with Crippen LogP contribution in [0.2, 0.25) is 0 Å². The second kappa shape index (κ2) is 4.27. The average Bonchev–Trinajstić information content (AvgIpc) is 2.54. The van der Waals surface area contributed by atoms with Gasteiger partial charge in [-0.25, -0.2) is 4.79 Å². The quantitative estimate of drug-likeness (QED) is 0.700. The smallest absolute Gasteiger partial charge is 0.352 e. The highest BCUT2D eigenvalue weighted by molar-refractivity contribution is 5.96. The Morgan fingerprint density at radius 1 is 1.57 bits per heavy atom. The van der Waals surface area contributed by atoms with Crippen molar-refractivity contribution in [3.05, 3.63) is 29.9 Å². The van der Waals surface area contributed by atoms with Crippen molar-refractivity contribution in [2.45, 2.75) is 6.92 Å². The molecule has 0 spiro atoms. The van der Waals surface area contributed by atoms with Gasteiger partial charge in [-0.05, 0) is 12.1 Å². The molecule has 0 fully saturated rings. The maximum Gasteiger partial charge on any atom is 0.352 e. The van der Waals surface area contributed by atoms with Crippen LogP contribution in [0.3, 0.4) is 0 Å². The van der Waals surface area contributed by atoms with Crippen LogP contribution < -0.4 is 5.32 Å². The van der Waals surface area contributed by atoms with E-state index in [0.717, 1.165) is 0 Å². The molecule has 0 aromatic carbocycles. The third kappa shape index (κ3) is 2.78. The van der Waals surface area contributed by atoms with Crippen LogP contribution in [0.25, 0.3) is 6.08 Å². The van der Waals surface area contributed by atoms with E-state index >= 15 is 0 Å². The van der Waals surface area contributed by atoms with Crippen molar-refractivity contribution in [2.24, 2.45) is 0 Å². The molecule has 0 saturated heterocycles. The van der Waals surface area contributed by atoms with Crippen LogP contribution in [0.1, 0.15) is 12.5 Å². The van der Waals surface area contributed by atoms with Crippen LogP contribution in [0.5, 0.6) is 0 Å². The number of carboxylic acids is 1. The summed E-state index contributed by atoms with van der Waals surface area (Å²) in [6, 6.07) is 1.59. The van der Waals surface area contributed by atoms with Crippen molar-refractivity contribution >= 4 is 18.0 Å². The van der Waals surface area contributed by atoms with Crippen LogP contribution in [0.4, 0.5) is 0 Å². The van der Waals surface area contributed by atoms with E-state index in [1.54, 1.807) is 6.07 Å². The lowest BCUT2D eigenvalue weighted by Gasteiger charge is -2.00. The van der Waals surface area contributed by atoms with E-state index in [2.05, 4.69) is 5.32 Å². The maximum atomic E-state index is 10.6. The van der Waals surface area contributed by atoms with Gasteiger partial charge in [0.1, 0.15) is 5.70 Å². The van der Waals surface area contributed by atoms with Crippen LogP contribution >= 0.6 is 0 Å². The van der Waals surface area contributed by atoms with E-state index in [1.165, 1.54) is 25.5 Å². The summed E-state index contributed by atoms with van der Waals surface area (Å²) in [7, 11) is 0. The Morgan fingerprint density at radius 2 is 2.29 bits per heavy atom. The number of carbonyl (C=O) groups excluding carboxylic acids is 1. The molecular weight excluding hydrogens is 186 g/mol. The SMILES string of the molecule is CC(=O)NC(=Cc1ccoc1)C(=O)O. The van der Waals surface area contributed by atoms with E-state index in [0.29, 0.717) is 5.56 Å². The normalized spacial score (nSPS) is 11.1. The summed E-state index contributed by atoms with van der Waals surface area (Å²) in [5, 5.41) is 10.9. The minimum absolute atomic E-state index is 0.182. The van der Waals surface area contributed by atoms with Gasteiger partial charge in [-0.15, -0.1) is 0 Å². The third-order valence-electron chi connectivity index (χ3n) is 1.40. The summed E-state index contributed by atoms with van der Waals surface area (Å²) in [6.07, 6.45) is 4.11. The lowest BCUT2D eigenvalue weighted by molar-refractivity contribution is -0.134. The fourth-order valence-corrected chi connectivity index (χ4v) is 0.865. The van der Waals surface area contributed by atoms with Crippen molar-refractivity contribution in [1.29, 1.82) is 0 Å². The van der Waals surface area contributed by atoms with Crippen molar-refractivity contribution in [3.8, 4) is 0 Å². The molecule has 1 aromatic heterocycles. The lowest BCUT2D eigenvalue weighted by atomic mass is 10.2. The van der Waals surface area contributed by atoms with E-state index in [1.807, 2.05) is 0 Å². The molecule has 74 valence electrons. The van der Waals surface area contributed by atoms with Crippen LogP contribution in [0, 0.1) is 0 Å². The van der Waals surface area contributed by atoms with Crippen molar-refractivity contribution < 1.29 is 19.1 Å². The fraction of sp³-hybridized carbons (Fsp3) is 0.111. The highest BCUT2D eigenvalue weighted by Gasteiger charge is 2.08. The predicted octanol–water partition coefficient (Wildman–Crippen LogP) is 0.841. The monoisotopic (exact) mass is 195 g/mol. The van der Waals surface area contributed by atoms with Gasteiger partial charge in [0, 0.05) is 12.5 Å². The summed E-state index contributed by atoms with van der Waals surface area (Å²) >= 11 is 0. The summed E-state index contributed by atoms with van der Waals surface area (Å²) in [5.41, 5.74) is 0.398. The largest absolute Gasteiger partial charge is 0.477 e. The van der Waals surface area contributed by atoms with Crippen molar-refractivity contribution in [1.82, 2.24) is 5.32 Å². The van der Waals surface area contributed by atoms with E-state index < -0.39 is 11.9 Å². The van der Waals surface area contributed by atoms with Crippen LogP contribution in [-0.4, -0.2) is 17.0 Å². The fourth-order valence-electron chi connectivity index (χ4n) is 0.865. The minimum atomic E-state index is -1.19. The summed E-state index contributed by atoms with van der Waals surface area (Å²) in [5.74, 6) is -1.62. The van der Waals surface area contributed by atoms with Gasteiger partial charge >= 0.3 is 5.97 Å². The number of furan rings is 1. The first-order chi connectivity index (χ1) is 6.59. The minimum Gasteiger partial charge on any atom is -0.477 e. The topological polar surface area (TPSA) is 79.5 Å². The third-order valence-corrected chi connectivity index (χ3v) is 1.40. The molecule has 0 aliphatic heterocycles. The number of hydrogen-bond donors (Lipinski definition) is 2. The summed E-state index contributed by atoms with van der Waals surface area (Å²) in [6.45, 7) is 1.24. The molecule has 1 heterocycles. The van der Waals surface area contributed by atoms with Crippen LogP contribution in [0.15, 0.2) is 28.7 Å². The number of aliphatic carboxylic acids is 1. The molecule has 0 aliphatic carbocycles. The molecule has 0 saturated carbocycles. The van der Waals surface area contributed by atoms with Crippen LogP contribution in [-0.2, 0) is 9.59 Å². The highest BCUT2D eigenvalue weighted by atomic mass is 16.4. The highest BCUT2D eigenvalue weighted by Crippen LogP contribution is 2.05. The first-order valence-electron chi connectivity index (χ1n) is 3.84. The zero-order valence-corrected chi connectivity index (χ0v) is 7.48. The Hall–Kier alpha value is -2.04. The molecule has 0 bridgehead atoms. The molecule has 1 rings (SSSR count). The van der Waals surface area contributed by atoms with Gasteiger partial charge in [0.05, 0.1) is 12.5 Å². The van der Waals surface area contributed by atoms with E-state index in [-0.39, 0.29) is 5.70 Å². The molecule has 5 heteroatoms. The Labute approximate surface area is 80.0 Å². The zero-order chi connectivity index (χ0) is 10.6. The number of rotatable bonds is 3. The van der Waals surface area contributed by atoms with E-state index in [4.69, 9.17) is 9.52 Å². The molecule has 2 N–H and O–H groups in total. The van der Waals surface area contributed by atoms with Gasteiger partial charge in [-0.1, -0.05) is 0 Å². The molecule has 5 nitrogen and oxygen atoms in total. The number of nitrogens with one attached hydrogen (secondary N) is 1. The predicted molar refractivity (Wildman–Crippen MR) is 48.1 cm³/mol. The summed E-state index contributed by atoms with van der Waals surface area (Å²) < 4.78 is 4.75. The molecule has 0 aliphatic rings. The lowest BCUT2D eigenvalue weighted by Crippen LogP contribution is -2.24. The summed E-state index contributed by atoms with van der Waals surface area (Å²) in [4.78, 5) is 21.3. The Balaban J connectivity index is 2.88.